The predicted molar refractivity (Wildman–Crippen MR) is 71.6 cm³/mol. The van der Waals surface area contributed by atoms with Gasteiger partial charge in [-0.3, -0.25) is 4.98 Å². The van der Waals surface area contributed by atoms with E-state index in [1.807, 2.05) is 6.20 Å². The molecule has 0 atom stereocenters. The molecule has 1 fully saturated rings. The summed E-state index contributed by atoms with van der Waals surface area (Å²) in [5, 5.41) is 0. The van der Waals surface area contributed by atoms with E-state index < -0.39 is 0 Å². The third kappa shape index (κ3) is 2.32. The van der Waals surface area contributed by atoms with E-state index in [9.17, 15) is 0 Å². The minimum atomic E-state index is 0.620. The summed E-state index contributed by atoms with van der Waals surface area (Å²) in [5.41, 5.74) is 7.83. The first-order valence-electron chi connectivity index (χ1n) is 5.82. The van der Waals surface area contributed by atoms with Crippen LogP contribution in [0.2, 0.25) is 0 Å². The Morgan fingerprint density at radius 3 is 2.62 bits per heavy atom. The fourth-order valence-corrected chi connectivity index (χ4v) is 3.09. The van der Waals surface area contributed by atoms with Gasteiger partial charge in [-0.05, 0) is 28.8 Å². The van der Waals surface area contributed by atoms with E-state index in [0.29, 0.717) is 6.04 Å². The fraction of sp³-hybridized carbons (Fsp3) is 0.583. The van der Waals surface area contributed by atoms with E-state index in [1.165, 1.54) is 32.1 Å². The second kappa shape index (κ2) is 5.04. The van der Waals surface area contributed by atoms with Gasteiger partial charge in [-0.2, -0.15) is 0 Å². The largest absolute Gasteiger partial charge is 0.396 e. The number of nitrogens with zero attached hydrogens (tertiary/aromatic N) is 2. The normalized spacial score (nSPS) is 17.4. The Morgan fingerprint density at radius 1 is 1.31 bits per heavy atom. The minimum absolute atomic E-state index is 0.620. The van der Waals surface area contributed by atoms with Crippen molar-refractivity contribution in [2.75, 3.05) is 17.7 Å². The average molecular weight is 284 g/mol. The molecule has 1 aromatic rings. The average Bonchev–Trinajstić information content (AvgIpc) is 2.30. The second-order valence-corrected chi connectivity index (χ2v) is 5.32. The van der Waals surface area contributed by atoms with Gasteiger partial charge >= 0.3 is 0 Å². The lowest BCUT2D eigenvalue weighted by atomic mass is 9.94. The Balaban J connectivity index is 2.22. The van der Waals surface area contributed by atoms with Gasteiger partial charge in [0.2, 0.25) is 0 Å². The fourth-order valence-electron chi connectivity index (χ4n) is 2.47. The number of nitrogens with two attached hydrogens (primary N) is 1. The molecule has 0 unspecified atom stereocenters. The Hall–Kier alpha value is -0.770. The molecule has 88 valence electrons. The van der Waals surface area contributed by atoms with Gasteiger partial charge in [0.1, 0.15) is 0 Å². The molecular formula is C12H18BrN3. The van der Waals surface area contributed by atoms with Crippen LogP contribution >= 0.6 is 15.9 Å². The molecule has 1 aliphatic carbocycles. The summed E-state index contributed by atoms with van der Waals surface area (Å²) in [5.74, 6) is 0. The molecule has 0 spiro atoms. The molecule has 2 rings (SSSR count). The highest BCUT2D eigenvalue weighted by Crippen LogP contribution is 2.34. The highest BCUT2D eigenvalue weighted by molar-refractivity contribution is 9.10. The maximum atomic E-state index is 5.99. The summed E-state index contributed by atoms with van der Waals surface area (Å²) < 4.78 is 0.987. The van der Waals surface area contributed by atoms with Gasteiger partial charge in [0.15, 0.2) is 0 Å². The maximum Gasteiger partial charge on any atom is 0.0775 e. The van der Waals surface area contributed by atoms with Crippen LogP contribution in [-0.4, -0.2) is 18.1 Å². The lowest BCUT2D eigenvalue weighted by Crippen LogP contribution is -2.34. The standard InChI is InChI=1S/C12H18BrN3/c1-16(9-5-3-2-4-6-9)12-10(13)7-15-8-11(12)14/h7-9H,2-6,14H2,1H3. The van der Waals surface area contributed by atoms with E-state index in [-0.39, 0.29) is 0 Å². The van der Waals surface area contributed by atoms with Gasteiger partial charge in [-0.25, -0.2) is 0 Å². The molecule has 0 aromatic carbocycles. The molecule has 1 saturated carbocycles. The molecule has 0 radical (unpaired) electrons. The minimum Gasteiger partial charge on any atom is -0.396 e. The van der Waals surface area contributed by atoms with Gasteiger partial charge < -0.3 is 10.6 Å². The number of pyridine rings is 1. The summed E-state index contributed by atoms with van der Waals surface area (Å²) in [6, 6.07) is 0.620. The molecular weight excluding hydrogens is 266 g/mol. The van der Waals surface area contributed by atoms with Crippen LogP contribution in [0.3, 0.4) is 0 Å². The Kier molecular flexibility index (Phi) is 3.69. The zero-order valence-electron chi connectivity index (χ0n) is 9.62. The molecule has 1 aliphatic rings. The highest BCUT2D eigenvalue weighted by Gasteiger charge is 2.21. The number of anilines is 2. The third-order valence-electron chi connectivity index (χ3n) is 3.38. The highest BCUT2D eigenvalue weighted by atomic mass is 79.9. The lowest BCUT2D eigenvalue weighted by molar-refractivity contribution is 0.427. The number of rotatable bonds is 2. The van der Waals surface area contributed by atoms with Crippen molar-refractivity contribution in [1.29, 1.82) is 0 Å². The first-order valence-corrected chi connectivity index (χ1v) is 6.61. The Morgan fingerprint density at radius 2 is 2.00 bits per heavy atom. The number of nitrogen functional groups attached to an aromatic ring is 1. The molecule has 0 aliphatic heterocycles. The van der Waals surface area contributed by atoms with E-state index in [4.69, 9.17) is 5.73 Å². The summed E-state index contributed by atoms with van der Waals surface area (Å²) in [6.45, 7) is 0. The maximum absolute atomic E-state index is 5.99. The monoisotopic (exact) mass is 283 g/mol. The quantitative estimate of drug-likeness (QED) is 0.906. The first-order chi connectivity index (χ1) is 7.70. The topological polar surface area (TPSA) is 42.1 Å². The van der Waals surface area contributed by atoms with Crippen LogP contribution < -0.4 is 10.6 Å². The molecule has 1 aromatic heterocycles. The predicted octanol–water partition coefficient (Wildman–Crippen LogP) is 3.20. The zero-order chi connectivity index (χ0) is 11.5. The van der Waals surface area contributed by atoms with Crippen molar-refractivity contribution in [1.82, 2.24) is 4.98 Å². The SMILES string of the molecule is CN(c1c(N)cncc1Br)C1CCCCC1. The molecule has 0 amide bonds. The summed E-state index contributed by atoms with van der Waals surface area (Å²) in [7, 11) is 2.13. The van der Waals surface area contributed by atoms with Gasteiger partial charge in [-0.1, -0.05) is 19.3 Å². The van der Waals surface area contributed by atoms with Crippen molar-refractivity contribution < 1.29 is 0 Å². The van der Waals surface area contributed by atoms with Crippen LogP contribution in [0.4, 0.5) is 11.4 Å². The number of hydrogen-bond donors (Lipinski definition) is 1. The van der Waals surface area contributed by atoms with E-state index in [0.717, 1.165) is 15.8 Å². The van der Waals surface area contributed by atoms with E-state index in [2.05, 4.69) is 32.9 Å². The van der Waals surface area contributed by atoms with Crippen molar-refractivity contribution >= 4 is 27.3 Å². The first kappa shape index (κ1) is 11.7. The van der Waals surface area contributed by atoms with Crippen LogP contribution in [0.25, 0.3) is 0 Å². The summed E-state index contributed by atoms with van der Waals surface area (Å²) in [4.78, 5) is 6.38. The van der Waals surface area contributed by atoms with Gasteiger partial charge in [0, 0.05) is 19.3 Å². The molecule has 0 bridgehead atoms. The number of aromatic nitrogens is 1. The van der Waals surface area contributed by atoms with Crippen LogP contribution in [0, 0.1) is 0 Å². The van der Waals surface area contributed by atoms with Crippen molar-refractivity contribution in [2.45, 2.75) is 38.1 Å². The van der Waals surface area contributed by atoms with Crippen LogP contribution in [0.15, 0.2) is 16.9 Å². The summed E-state index contributed by atoms with van der Waals surface area (Å²) in [6.07, 6.45) is 10.1. The van der Waals surface area contributed by atoms with Gasteiger partial charge in [0.25, 0.3) is 0 Å². The molecule has 16 heavy (non-hydrogen) atoms. The summed E-state index contributed by atoms with van der Waals surface area (Å²) >= 11 is 3.53. The van der Waals surface area contributed by atoms with Gasteiger partial charge in [-0.15, -0.1) is 0 Å². The molecule has 3 nitrogen and oxygen atoms in total. The molecule has 4 heteroatoms. The second-order valence-electron chi connectivity index (χ2n) is 4.46. The smallest absolute Gasteiger partial charge is 0.0775 e. The molecule has 1 heterocycles. The van der Waals surface area contributed by atoms with Crippen molar-refractivity contribution in [3.8, 4) is 0 Å². The van der Waals surface area contributed by atoms with E-state index >= 15 is 0 Å². The van der Waals surface area contributed by atoms with Crippen molar-refractivity contribution in [3.05, 3.63) is 16.9 Å². The number of hydrogen-bond acceptors (Lipinski definition) is 3. The van der Waals surface area contributed by atoms with Crippen molar-refractivity contribution in [3.63, 3.8) is 0 Å². The van der Waals surface area contributed by atoms with E-state index in [1.54, 1.807) is 6.20 Å². The van der Waals surface area contributed by atoms with Crippen LogP contribution in [-0.2, 0) is 0 Å². The number of halogens is 1. The van der Waals surface area contributed by atoms with Crippen LogP contribution in [0.1, 0.15) is 32.1 Å². The Bertz CT molecular complexity index is 341. The van der Waals surface area contributed by atoms with Gasteiger partial charge in [0.05, 0.1) is 22.0 Å². The third-order valence-corrected chi connectivity index (χ3v) is 3.96. The molecule has 0 saturated heterocycles. The molecule has 2 N–H and O–H groups in total. The van der Waals surface area contributed by atoms with Crippen molar-refractivity contribution in [2.24, 2.45) is 0 Å². The lowest BCUT2D eigenvalue weighted by Gasteiger charge is -2.34. The zero-order valence-corrected chi connectivity index (χ0v) is 11.2. The van der Waals surface area contributed by atoms with Crippen LogP contribution in [0.5, 0.6) is 0 Å². The Labute approximate surface area is 105 Å².